The van der Waals surface area contributed by atoms with Gasteiger partial charge in [-0.05, 0) is 68.7 Å². The zero-order valence-corrected chi connectivity index (χ0v) is 26.9. The molecule has 0 amide bonds. The maximum absolute atomic E-state index is 13.6. The fraction of sp³-hybridized carbons (Fsp3) is 0.278. The number of hydrogen-bond donors (Lipinski definition) is 0. The van der Waals surface area contributed by atoms with E-state index in [-0.39, 0.29) is 30.1 Å². The van der Waals surface area contributed by atoms with Gasteiger partial charge in [-0.25, -0.2) is 14.3 Å². The highest BCUT2D eigenvalue weighted by Gasteiger charge is 2.27. The minimum atomic E-state index is -0.606. The van der Waals surface area contributed by atoms with Gasteiger partial charge in [0, 0.05) is 24.1 Å². The molecule has 0 aliphatic rings. The average Bonchev–Trinajstić information content (AvgIpc) is 3.47. The van der Waals surface area contributed by atoms with Gasteiger partial charge in [-0.1, -0.05) is 47.7 Å². The average molecular weight is 624 g/mol. The van der Waals surface area contributed by atoms with E-state index in [0.717, 1.165) is 16.6 Å². The maximum Gasteiger partial charge on any atom is 0.347 e. The van der Waals surface area contributed by atoms with E-state index in [1.807, 2.05) is 66.2 Å². The van der Waals surface area contributed by atoms with Crippen LogP contribution in [0.25, 0.3) is 11.0 Å². The zero-order valence-electron chi connectivity index (χ0n) is 26.9. The zero-order chi connectivity index (χ0) is 32.8. The molecule has 5 rings (SSSR count). The van der Waals surface area contributed by atoms with Crippen molar-refractivity contribution in [1.29, 1.82) is 0 Å². The fourth-order valence-corrected chi connectivity index (χ4v) is 5.39. The van der Waals surface area contributed by atoms with Crippen molar-refractivity contribution < 1.29 is 33.3 Å². The Morgan fingerprint density at radius 3 is 2.13 bits per heavy atom. The summed E-state index contributed by atoms with van der Waals surface area (Å²) >= 11 is 0. The second-order valence-corrected chi connectivity index (χ2v) is 10.9. The van der Waals surface area contributed by atoms with Gasteiger partial charge >= 0.3 is 11.9 Å². The van der Waals surface area contributed by atoms with E-state index in [0.29, 0.717) is 52.5 Å². The van der Waals surface area contributed by atoms with Gasteiger partial charge in [0.25, 0.3) is 0 Å². The van der Waals surface area contributed by atoms with Crippen molar-refractivity contribution in [2.24, 2.45) is 0 Å². The van der Waals surface area contributed by atoms with Crippen LogP contribution in [0.1, 0.15) is 55.0 Å². The minimum Gasteiger partial charge on any atom is -0.496 e. The van der Waals surface area contributed by atoms with Gasteiger partial charge in [0.2, 0.25) is 0 Å². The molecule has 0 aliphatic heterocycles. The van der Waals surface area contributed by atoms with Gasteiger partial charge in [0.15, 0.2) is 0 Å². The lowest BCUT2D eigenvalue weighted by molar-refractivity contribution is 0.0466. The summed E-state index contributed by atoms with van der Waals surface area (Å²) < 4.78 is 30.8. The van der Waals surface area contributed by atoms with E-state index in [1.54, 1.807) is 40.0 Å². The van der Waals surface area contributed by atoms with Gasteiger partial charge in [-0.3, -0.25) is 0 Å². The molecule has 0 fully saturated rings. The van der Waals surface area contributed by atoms with E-state index in [2.05, 4.69) is 10.3 Å². The van der Waals surface area contributed by atoms with Crippen molar-refractivity contribution in [2.45, 2.75) is 47.3 Å². The molecule has 0 aliphatic carbocycles. The normalized spacial score (nSPS) is 10.9. The summed E-state index contributed by atoms with van der Waals surface area (Å²) in [6.45, 7) is 8.02. The highest BCUT2D eigenvalue weighted by atomic mass is 16.5. The molecule has 0 saturated heterocycles. The van der Waals surface area contributed by atoms with E-state index in [9.17, 15) is 9.59 Å². The molecule has 1 heterocycles. The predicted octanol–water partition coefficient (Wildman–Crippen LogP) is 6.73. The van der Waals surface area contributed by atoms with Crippen molar-refractivity contribution in [3.63, 3.8) is 0 Å². The van der Waals surface area contributed by atoms with E-state index in [4.69, 9.17) is 23.7 Å². The molecule has 0 N–H and O–H groups in total. The van der Waals surface area contributed by atoms with Crippen LogP contribution >= 0.6 is 0 Å². The van der Waals surface area contributed by atoms with Crippen LogP contribution in [0, 0.1) is 27.7 Å². The number of rotatable bonds is 12. The topological polar surface area (TPSA) is 111 Å². The monoisotopic (exact) mass is 623 g/mol. The van der Waals surface area contributed by atoms with Gasteiger partial charge < -0.3 is 23.7 Å². The molecule has 0 radical (unpaired) electrons. The number of carbonyl (C=O) groups excluding carboxylic acids is 2. The molecule has 0 unspecified atom stereocenters. The van der Waals surface area contributed by atoms with Crippen LogP contribution in [0.5, 0.6) is 23.0 Å². The third-order valence-electron chi connectivity index (χ3n) is 7.79. The maximum atomic E-state index is 13.6. The van der Waals surface area contributed by atoms with E-state index >= 15 is 0 Å². The second kappa shape index (κ2) is 14.2. The Morgan fingerprint density at radius 2 is 1.41 bits per heavy atom. The molecular weight excluding hydrogens is 586 g/mol. The van der Waals surface area contributed by atoms with Crippen molar-refractivity contribution in [3.05, 3.63) is 106 Å². The number of methoxy groups -OCH3 is 2. The van der Waals surface area contributed by atoms with Crippen LogP contribution in [0.15, 0.2) is 66.7 Å². The Labute approximate surface area is 267 Å². The number of fused-ring (bicyclic) bond motifs is 1. The Morgan fingerprint density at radius 1 is 0.761 bits per heavy atom. The first-order chi connectivity index (χ1) is 22.2. The largest absolute Gasteiger partial charge is 0.496 e. The van der Waals surface area contributed by atoms with Gasteiger partial charge in [-0.15, -0.1) is 5.10 Å². The van der Waals surface area contributed by atoms with Crippen LogP contribution in [-0.4, -0.2) is 47.8 Å². The Balaban J connectivity index is 1.43. The Hall–Kier alpha value is -5.38. The molecule has 46 heavy (non-hydrogen) atoms. The number of ether oxygens (including phenoxy) is 5. The molecule has 0 spiro atoms. The van der Waals surface area contributed by atoms with Crippen molar-refractivity contribution >= 4 is 23.0 Å². The van der Waals surface area contributed by atoms with Crippen LogP contribution < -0.4 is 18.9 Å². The molecular formula is C36H37N3O7. The number of esters is 2. The molecule has 10 heteroatoms. The lowest BCUT2D eigenvalue weighted by atomic mass is 10.0. The van der Waals surface area contributed by atoms with Crippen LogP contribution in [0.2, 0.25) is 0 Å². The first-order valence-corrected chi connectivity index (χ1v) is 14.9. The summed E-state index contributed by atoms with van der Waals surface area (Å²) in [4.78, 5) is 27.1. The summed E-state index contributed by atoms with van der Waals surface area (Å²) in [6.07, 6.45) is 0.579. The lowest BCUT2D eigenvalue weighted by Gasteiger charge is -2.20. The van der Waals surface area contributed by atoms with E-state index in [1.165, 1.54) is 7.11 Å². The first kappa shape index (κ1) is 32.0. The molecule has 0 atom stereocenters. The quantitative estimate of drug-likeness (QED) is 0.0849. The first-order valence-electron chi connectivity index (χ1n) is 14.9. The third kappa shape index (κ3) is 6.66. The van der Waals surface area contributed by atoms with E-state index < -0.39 is 11.9 Å². The summed E-state index contributed by atoms with van der Waals surface area (Å²) in [5, 5.41) is 8.45. The highest BCUT2D eigenvalue weighted by Crippen LogP contribution is 2.38. The van der Waals surface area contributed by atoms with Crippen LogP contribution in [-0.2, 0) is 17.9 Å². The number of carbonyl (C=O) groups is 2. The summed E-state index contributed by atoms with van der Waals surface area (Å²) in [5.74, 6) is 0.377. The predicted molar refractivity (Wildman–Crippen MR) is 173 cm³/mol. The molecule has 0 bridgehead atoms. The molecule has 10 nitrogen and oxygen atoms in total. The highest BCUT2D eigenvalue weighted by molar-refractivity contribution is 5.98. The Bertz CT molecular complexity index is 1880. The van der Waals surface area contributed by atoms with Gasteiger partial charge in [0.05, 0.1) is 26.3 Å². The molecule has 4 aromatic carbocycles. The summed E-state index contributed by atoms with van der Waals surface area (Å²) in [5.41, 5.74) is 5.49. The molecule has 238 valence electrons. The van der Waals surface area contributed by atoms with Crippen LogP contribution in [0.3, 0.4) is 0 Å². The van der Waals surface area contributed by atoms with Gasteiger partial charge in [-0.2, -0.15) is 0 Å². The molecule has 1 aromatic heterocycles. The number of nitrogens with zero attached hydrogens (tertiary/aromatic N) is 3. The second-order valence-electron chi connectivity index (χ2n) is 10.9. The number of benzene rings is 4. The third-order valence-corrected chi connectivity index (χ3v) is 7.79. The summed E-state index contributed by atoms with van der Waals surface area (Å²) in [6, 6.07) is 20.6. The smallest absolute Gasteiger partial charge is 0.347 e. The molecule has 5 aromatic rings. The number of aromatic nitrogens is 3. The minimum absolute atomic E-state index is 0.101. The van der Waals surface area contributed by atoms with Crippen molar-refractivity contribution in [1.82, 2.24) is 15.0 Å². The standard InChI is InChI=1S/C36H37N3O7/c1-22-19-29(42-5)24(3)33(43-6)31(22)36(41)46-30-20-23(2)32(35(40)45-21-26-13-8-7-9-14-26)34(25(30)4)44-18-12-17-39-28-16-11-10-15-27(28)37-38-39/h7-11,13-16,19-20H,12,17-18,21H2,1-6H3. The lowest BCUT2D eigenvalue weighted by Crippen LogP contribution is -2.16. The van der Waals surface area contributed by atoms with Crippen LogP contribution in [0.4, 0.5) is 0 Å². The summed E-state index contributed by atoms with van der Waals surface area (Å²) in [7, 11) is 3.06. The number of hydrogen-bond acceptors (Lipinski definition) is 9. The number of para-hydroxylation sites is 1. The van der Waals surface area contributed by atoms with Gasteiger partial charge in [0.1, 0.15) is 46.2 Å². The SMILES string of the molecule is COc1cc(C)c(C(=O)Oc2cc(C)c(C(=O)OCc3ccccc3)c(OCCCn3nnc4ccccc43)c2C)c(OC)c1C. The molecule has 0 saturated carbocycles. The van der Waals surface area contributed by atoms with Crippen molar-refractivity contribution in [2.75, 3.05) is 20.8 Å². The fourth-order valence-electron chi connectivity index (χ4n) is 5.39. The van der Waals surface area contributed by atoms with Crippen molar-refractivity contribution in [3.8, 4) is 23.0 Å². The Kier molecular flexibility index (Phi) is 9.85. The number of aryl methyl sites for hydroxylation is 3.